The van der Waals surface area contributed by atoms with E-state index in [2.05, 4.69) is 5.32 Å². The summed E-state index contributed by atoms with van der Waals surface area (Å²) in [4.78, 5) is 13.9. The third kappa shape index (κ3) is 5.45. The zero-order valence-electron chi connectivity index (χ0n) is 15.6. The Balaban J connectivity index is 1.51. The van der Waals surface area contributed by atoms with Gasteiger partial charge in [0.2, 0.25) is 5.91 Å². The van der Waals surface area contributed by atoms with Crippen molar-refractivity contribution in [1.82, 2.24) is 4.90 Å². The zero-order chi connectivity index (χ0) is 20.1. The normalized spacial score (nSPS) is 17.9. The molecule has 1 saturated heterocycles. The van der Waals surface area contributed by atoms with E-state index in [0.717, 1.165) is 11.3 Å². The minimum absolute atomic E-state index is 0.0297. The Labute approximate surface area is 164 Å². The maximum Gasteiger partial charge on any atom is 0.241 e. The number of anilines is 1. The van der Waals surface area contributed by atoms with E-state index in [9.17, 15) is 17.6 Å². The molecule has 0 bridgehead atoms. The van der Waals surface area contributed by atoms with E-state index in [1.807, 2.05) is 6.07 Å². The molecule has 3 rings (SSSR count). The van der Waals surface area contributed by atoms with Gasteiger partial charge >= 0.3 is 0 Å². The number of carbonyl (C=O) groups excluding carboxylic acids is 1. The van der Waals surface area contributed by atoms with Gasteiger partial charge in [-0.1, -0.05) is 18.2 Å². The van der Waals surface area contributed by atoms with Crippen LogP contribution in [-0.2, 0) is 21.2 Å². The first-order valence-electron chi connectivity index (χ1n) is 9.00. The molecule has 28 heavy (non-hydrogen) atoms. The Morgan fingerprint density at radius 3 is 2.68 bits per heavy atom. The number of rotatable bonds is 7. The zero-order valence-corrected chi connectivity index (χ0v) is 16.4. The van der Waals surface area contributed by atoms with Gasteiger partial charge in [0.05, 0.1) is 18.1 Å². The second kappa shape index (κ2) is 8.60. The first kappa shape index (κ1) is 20.1. The highest BCUT2D eigenvalue weighted by Crippen LogP contribution is 2.20. The molecule has 0 spiro atoms. The van der Waals surface area contributed by atoms with Crippen LogP contribution in [0.3, 0.4) is 0 Å². The molecule has 1 aliphatic heterocycles. The van der Waals surface area contributed by atoms with Crippen LogP contribution in [0.1, 0.15) is 12.0 Å². The molecule has 150 valence electrons. The SMILES string of the molecule is CN(C(=O)CNc1cccc(OCc2ccc(F)cc2)c1)C1CCS(=O)(=O)C1. The molecule has 0 aliphatic carbocycles. The molecule has 1 heterocycles. The fourth-order valence-corrected chi connectivity index (χ4v) is 4.80. The largest absolute Gasteiger partial charge is 0.489 e. The van der Waals surface area contributed by atoms with Crippen LogP contribution in [0.25, 0.3) is 0 Å². The summed E-state index contributed by atoms with van der Waals surface area (Å²) in [6, 6.07) is 13.0. The van der Waals surface area contributed by atoms with Crippen LogP contribution >= 0.6 is 0 Å². The van der Waals surface area contributed by atoms with E-state index in [1.54, 1.807) is 37.4 Å². The highest BCUT2D eigenvalue weighted by Gasteiger charge is 2.32. The Kier molecular flexibility index (Phi) is 6.18. The third-order valence-corrected chi connectivity index (χ3v) is 6.50. The lowest BCUT2D eigenvalue weighted by Crippen LogP contribution is -2.40. The number of carbonyl (C=O) groups is 1. The number of hydrogen-bond acceptors (Lipinski definition) is 5. The number of nitrogens with zero attached hydrogens (tertiary/aromatic N) is 1. The number of amides is 1. The quantitative estimate of drug-likeness (QED) is 0.765. The Hall–Kier alpha value is -2.61. The second-order valence-corrected chi connectivity index (χ2v) is 9.09. The van der Waals surface area contributed by atoms with Crippen molar-refractivity contribution in [3.8, 4) is 5.75 Å². The Morgan fingerprint density at radius 2 is 2.00 bits per heavy atom. The molecule has 2 aromatic rings. The van der Waals surface area contributed by atoms with Crippen molar-refractivity contribution in [2.75, 3.05) is 30.4 Å². The summed E-state index contributed by atoms with van der Waals surface area (Å²) in [5, 5.41) is 3.05. The first-order valence-corrected chi connectivity index (χ1v) is 10.8. The summed E-state index contributed by atoms with van der Waals surface area (Å²) in [7, 11) is -1.39. The van der Waals surface area contributed by atoms with E-state index in [0.29, 0.717) is 18.8 Å². The lowest BCUT2D eigenvalue weighted by molar-refractivity contribution is -0.129. The standard InChI is InChI=1S/C20H23FN2O4S/c1-23(18-9-10-28(25,26)14-18)20(24)12-22-17-3-2-4-19(11-17)27-13-15-5-7-16(21)8-6-15/h2-8,11,18,22H,9-10,12-14H2,1H3. The van der Waals surface area contributed by atoms with Crippen molar-refractivity contribution in [3.63, 3.8) is 0 Å². The minimum atomic E-state index is -3.03. The van der Waals surface area contributed by atoms with E-state index >= 15 is 0 Å². The topological polar surface area (TPSA) is 75.7 Å². The molecule has 8 heteroatoms. The van der Waals surface area contributed by atoms with Crippen molar-refractivity contribution in [2.45, 2.75) is 19.1 Å². The van der Waals surface area contributed by atoms with Crippen molar-refractivity contribution in [1.29, 1.82) is 0 Å². The molecular formula is C20H23FN2O4S. The molecule has 0 saturated carbocycles. The van der Waals surface area contributed by atoms with Gasteiger partial charge in [0.25, 0.3) is 0 Å². The van der Waals surface area contributed by atoms with Crippen LogP contribution in [0.2, 0.25) is 0 Å². The average Bonchev–Trinajstić information content (AvgIpc) is 3.05. The van der Waals surface area contributed by atoms with Crippen LogP contribution in [-0.4, -0.2) is 50.4 Å². The number of benzene rings is 2. The fraction of sp³-hybridized carbons (Fsp3) is 0.350. The summed E-state index contributed by atoms with van der Waals surface area (Å²) < 4.78 is 41.8. The van der Waals surface area contributed by atoms with Crippen LogP contribution in [0, 0.1) is 5.82 Å². The summed E-state index contributed by atoms with van der Waals surface area (Å²) in [5.74, 6) is 0.328. The summed E-state index contributed by atoms with van der Waals surface area (Å²) in [5.41, 5.74) is 1.57. The molecule has 1 N–H and O–H groups in total. The number of ether oxygens (including phenoxy) is 1. The van der Waals surface area contributed by atoms with Crippen molar-refractivity contribution in [3.05, 3.63) is 59.9 Å². The molecule has 1 atom stereocenters. The predicted molar refractivity (Wildman–Crippen MR) is 105 cm³/mol. The number of hydrogen-bond donors (Lipinski definition) is 1. The predicted octanol–water partition coefficient (Wildman–Crippen LogP) is 2.46. The molecule has 1 amide bonds. The summed E-state index contributed by atoms with van der Waals surface area (Å²) in [6.45, 7) is 0.371. The smallest absolute Gasteiger partial charge is 0.241 e. The number of sulfone groups is 1. The first-order chi connectivity index (χ1) is 13.3. The molecule has 6 nitrogen and oxygen atoms in total. The second-order valence-electron chi connectivity index (χ2n) is 6.86. The van der Waals surface area contributed by atoms with Crippen LogP contribution in [0.4, 0.5) is 10.1 Å². The monoisotopic (exact) mass is 406 g/mol. The van der Waals surface area contributed by atoms with Gasteiger partial charge in [-0.3, -0.25) is 4.79 Å². The van der Waals surface area contributed by atoms with E-state index in [-0.39, 0.29) is 35.8 Å². The molecule has 0 radical (unpaired) electrons. The van der Waals surface area contributed by atoms with Crippen LogP contribution in [0.15, 0.2) is 48.5 Å². The van der Waals surface area contributed by atoms with Crippen molar-refractivity contribution >= 4 is 21.4 Å². The fourth-order valence-electron chi connectivity index (χ4n) is 3.03. The summed E-state index contributed by atoms with van der Waals surface area (Å²) >= 11 is 0. The minimum Gasteiger partial charge on any atom is -0.489 e. The molecule has 1 unspecified atom stereocenters. The van der Waals surface area contributed by atoms with Gasteiger partial charge in [0.1, 0.15) is 18.2 Å². The third-order valence-electron chi connectivity index (χ3n) is 4.75. The van der Waals surface area contributed by atoms with Gasteiger partial charge in [-0.05, 0) is 36.2 Å². The van der Waals surface area contributed by atoms with E-state index in [4.69, 9.17) is 4.74 Å². The van der Waals surface area contributed by atoms with Crippen molar-refractivity contribution < 1.29 is 22.3 Å². The maximum absolute atomic E-state index is 12.9. The maximum atomic E-state index is 12.9. The lowest BCUT2D eigenvalue weighted by Gasteiger charge is -2.23. The van der Waals surface area contributed by atoms with Gasteiger partial charge in [-0.15, -0.1) is 0 Å². The number of halogens is 1. The van der Waals surface area contributed by atoms with Gasteiger partial charge in [0.15, 0.2) is 9.84 Å². The van der Waals surface area contributed by atoms with Gasteiger partial charge < -0.3 is 15.0 Å². The average molecular weight is 406 g/mol. The number of likely N-dealkylation sites (N-methyl/N-ethyl adjacent to an activating group) is 1. The van der Waals surface area contributed by atoms with E-state index in [1.165, 1.54) is 17.0 Å². The van der Waals surface area contributed by atoms with Crippen LogP contribution in [0.5, 0.6) is 5.75 Å². The van der Waals surface area contributed by atoms with Crippen molar-refractivity contribution in [2.24, 2.45) is 0 Å². The Bertz CT molecular complexity index is 931. The summed E-state index contributed by atoms with van der Waals surface area (Å²) in [6.07, 6.45) is 0.483. The van der Waals surface area contributed by atoms with Crippen LogP contribution < -0.4 is 10.1 Å². The highest BCUT2D eigenvalue weighted by atomic mass is 32.2. The van der Waals surface area contributed by atoms with Gasteiger partial charge in [0, 0.05) is 24.8 Å². The Morgan fingerprint density at radius 1 is 1.25 bits per heavy atom. The van der Waals surface area contributed by atoms with Gasteiger partial charge in [-0.2, -0.15) is 0 Å². The molecule has 1 aliphatic rings. The lowest BCUT2D eigenvalue weighted by atomic mass is 10.2. The number of nitrogens with one attached hydrogen (secondary N) is 1. The highest BCUT2D eigenvalue weighted by molar-refractivity contribution is 7.91. The van der Waals surface area contributed by atoms with Gasteiger partial charge in [-0.25, -0.2) is 12.8 Å². The molecule has 2 aromatic carbocycles. The molecular weight excluding hydrogens is 383 g/mol. The van der Waals surface area contributed by atoms with E-state index < -0.39 is 9.84 Å². The molecule has 1 fully saturated rings. The molecule has 0 aromatic heterocycles.